The van der Waals surface area contributed by atoms with E-state index in [1.807, 2.05) is 0 Å². The van der Waals surface area contributed by atoms with Crippen LogP contribution in [0.25, 0.3) is 0 Å². The fraction of sp³-hybridized carbons (Fsp3) is 0.273. The molecule has 1 aromatic rings. The molecule has 1 aliphatic rings. The van der Waals surface area contributed by atoms with Crippen LogP contribution in [0.1, 0.15) is 20.7 Å². The fourth-order valence-electron chi connectivity index (χ4n) is 1.19. The van der Waals surface area contributed by atoms with Gasteiger partial charge in [-0.05, 0) is 12.1 Å². The minimum Gasteiger partial charge on any atom is -0.288 e. The molecular weight excluding hydrogens is 292 g/mol. The number of rotatable bonds is 1. The Labute approximate surface area is 108 Å². The van der Waals surface area contributed by atoms with Gasteiger partial charge in [-0.2, -0.15) is 22.0 Å². The normalized spacial score (nSPS) is 14.3. The van der Waals surface area contributed by atoms with E-state index in [1.54, 1.807) is 24.3 Å². The lowest BCUT2D eigenvalue weighted by atomic mass is 10.1. The summed E-state index contributed by atoms with van der Waals surface area (Å²) in [6.45, 7) is -2.70. The predicted molar refractivity (Wildman–Crippen MR) is 55.2 cm³/mol. The maximum atomic E-state index is 11.2. The monoisotopic (exact) mass is 299 g/mol. The Morgan fingerprint density at radius 3 is 1.55 bits per heavy atom. The minimum atomic E-state index is -5.76. The van der Waals surface area contributed by atoms with Crippen LogP contribution in [0.5, 0.6) is 0 Å². The van der Waals surface area contributed by atoms with Gasteiger partial charge >= 0.3 is 12.1 Å². The summed E-state index contributed by atoms with van der Waals surface area (Å²) in [7, 11) is 0. The van der Waals surface area contributed by atoms with Crippen LogP contribution in [-0.4, -0.2) is 30.6 Å². The summed E-state index contributed by atoms with van der Waals surface area (Å²) in [6.07, 6.45) is -5.76. The third-order valence-corrected chi connectivity index (χ3v) is 2.23. The van der Waals surface area contributed by atoms with Crippen LogP contribution in [0.4, 0.5) is 26.3 Å². The molecule has 9 heteroatoms. The number of fused-ring (bicyclic) bond motifs is 1. The molecule has 110 valence electrons. The van der Waals surface area contributed by atoms with E-state index in [1.165, 1.54) is 0 Å². The summed E-state index contributed by atoms with van der Waals surface area (Å²) < 4.78 is 65.6. The lowest BCUT2D eigenvalue weighted by Crippen LogP contribution is -2.38. The lowest BCUT2D eigenvalue weighted by molar-refractivity contribution is -0.286. The van der Waals surface area contributed by atoms with Crippen molar-refractivity contribution in [3.8, 4) is 0 Å². The van der Waals surface area contributed by atoms with Gasteiger partial charge < -0.3 is 0 Å². The molecule has 3 nitrogen and oxygen atoms in total. The maximum absolute atomic E-state index is 11.2. The minimum absolute atomic E-state index is 0.300. The van der Waals surface area contributed by atoms with Crippen molar-refractivity contribution in [1.29, 1.82) is 0 Å². The number of hydrogen-bond donors (Lipinski definition) is 1. The number of amides is 2. The van der Waals surface area contributed by atoms with Crippen LogP contribution < -0.4 is 5.32 Å². The first-order chi connectivity index (χ1) is 9.10. The average molecular weight is 299 g/mol. The van der Waals surface area contributed by atoms with Gasteiger partial charge in [0.25, 0.3) is 11.8 Å². The van der Waals surface area contributed by atoms with E-state index >= 15 is 0 Å². The van der Waals surface area contributed by atoms with E-state index in [9.17, 15) is 35.9 Å². The highest BCUT2D eigenvalue weighted by Crippen LogP contribution is 2.35. The topological polar surface area (TPSA) is 46.2 Å². The van der Waals surface area contributed by atoms with E-state index in [0.717, 1.165) is 0 Å². The molecule has 1 aliphatic heterocycles. The van der Waals surface area contributed by atoms with Gasteiger partial charge in [0, 0.05) is 0 Å². The van der Waals surface area contributed by atoms with Crippen LogP contribution in [0.3, 0.4) is 0 Å². The van der Waals surface area contributed by atoms with E-state index < -0.39 is 18.8 Å². The van der Waals surface area contributed by atoms with Crippen molar-refractivity contribution in [2.75, 3.05) is 6.67 Å². The van der Waals surface area contributed by atoms with Crippen molar-refractivity contribution < 1.29 is 35.9 Å². The zero-order valence-corrected chi connectivity index (χ0v) is 9.60. The molecule has 0 atom stereocenters. The molecule has 0 spiro atoms. The molecular formula is C11H7F6NO2. The second kappa shape index (κ2) is 5.51. The van der Waals surface area contributed by atoms with Gasteiger partial charge in [0.2, 0.25) is 0 Å². The molecule has 1 aromatic carbocycles. The van der Waals surface area contributed by atoms with Gasteiger partial charge in [-0.3, -0.25) is 14.9 Å². The van der Waals surface area contributed by atoms with Crippen molar-refractivity contribution in [1.82, 2.24) is 5.32 Å². The van der Waals surface area contributed by atoms with Crippen molar-refractivity contribution in [2.24, 2.45) is 0 Å². The standard InChI is InChI=1S/C8H5NO2.C3H2F6/c10-7-5-3-1-2-4-6(5)8(11)9-7;4-1-2(5,6)3(7,8)9/h1-4H,(H,9,10,11);1H2. The molecule has 0 fully saturated rings. The van der Waals surface area contributed by atoms with E-state index in [-0.39, 0.29) is 11.8 Å². The highest BCUT2D eigenvalue weighted by molar-refractivity contribution is 6.21. The number of nitrogens with one attached hydrogen (secondary N) is 1. The number of alkyl halides is 6. The Kier molecular flexibility index (Phi) is 4.41. The average Bonchev–Trinajstić information content (AvgIpc) is 2.65. The molecule has 2 rings (SSSR count). The maximum Gasteiger partial charge on any atom is 0.456 e. The van der Waals surface area contributed by atoms with E-state index in [0.29, 0.717) is 11.1 Å². The Morgan fingerprint density at radius 1 is 0.900 bits per heavy atom. The first-order valence-corrected chi connectivity index (χ1v) is 5.05. The molecule has 0 saturated carbocycles. The molecule has 1 heterocycles. The molecule has 0 aromatic heterocycles. The molecule has 20 heavy (non-hydrogen) atoms. The molecule has 0 saturated heterocycles. The molecule has 0 aliphatic carbocycles. The summed E-state index contributed by atoms with van der Waals surface area (Å²) in [5.74, 6) is -5.79. The number of carbonyl (C=O) groups excluding carboxylic acids is 2. The van der Waals surface area contributed by atoms with Gasteiger partial charge in [0.1, 0.15) is 0 Å². The number of imide groups is 1. The zero-order chi connectivity index (χ0) is 15.6. The predicted octanol–water partition coefficient (Wildman–Crippen LogP) is 2.72. The second-order valence-corrected chi connectivity index (χ2v) is 3.66. The van der Waals surface area contributed by atoms with Crippen molar-refractivity contribution >= 4 is 11.8 Å². The molecule has 0 radical (unpaired) electrons. The quantitative estimate of drug-likeness (QED) is 0.640. The van der Waals surface area contributed by atoms with Gasteiger partial charge in [-0.25, -0.2) is 4.39 Å². The van der Waals surface area contributed by atoms with Crippen molar-refractivity contribution in [3.05, 3.63) is 35.4 Å². The number of halogens is 6. The zero-order valence-electron chi connectivity index (χ0n) is 9.60. The van der Waals surface area contributed by atoms with Crippen molar-refractivity contribution in [2.45, 2.75) is 12.1 Å². The van der Waals surface area contributed by atoms with Crippen LogP contribution in [0, 0.1) is 0 Å². The number of hydrogen-bond acceptors (Lipinski definition) is 2. The van der Waals surface area contributed by atoms with Gasteiger partial charge in [-0.15, -0.1) is 0 Å². The highest BCUT2D eigenvalue weighted by Gasteiger charge is 2.57. The molecule has 0 bridgehead atoms. The van der Waals surface area contributed by atoms with Gasteiger partial charge in [0.05, 0.1) is 11.1 Å². The Bertz CT molecular complexity index is 493. The van der Waals surface area contributed by atoms with E-state index in [4.69, 9.17) is 0 Å². The SMILES string of the molecule is FCC(F)(F)C(F)(F)F.O=C1NC(=O)c2ccccc21. The van der Waals surface area contributed by atoms with Gasteiger partial charge in [-0.1, -0.05) is 12.1 Å². The van der Waals surface area contributed by atoms with Crippen LogP contribution in [0.15, 0.2) is 24.3 Å². The van der Waals surface area contributed by atoms with Crippen LogP contribution in [-0.2, 0) is 0 Å². The smallest absolute Gasteiger partial charge is 0.288 e. The van der Waals surface area contributed by atoms with Crippen LogP contribution >= 0.6 is 0 Å². The summed E-state index contributed by atoms with van der Waals surface area (Å²) >= 11 is 0. The number of benzene rings is 1. The summed E-state index contributed by atoms with van der Waals surface area (Å²) in [6, 6.07) is 6.74. The lowest BCUT2D eigenvalue weighted by Gasteiger charge is -2.14. The summed E-state index contributed by atoms with van der Waals surface area (Å²) in [5.41, 5.74) is 0.940. The molecule has 1 N–H and O–H groups in total. The fourth-order valence-corrected chi connectivity index (χ4v) is 1.19. The second-order valence-electron chi connectivity index (χ2n) is 3.66. The van der Waals surface area contributed by atoms with Gasteiger partial charge in [0.15, 0.2) is 6.67 Å². The molecule has 2 amide bonds. The largest absolute Gasteiger partial charge is 0.456 e. The Hall–Kier alpha value is -2.06. The third kappa shape index (κ3) is 3.28. The Morgan fingerprint density at radius 2 is 1.30 bits per heavy atom. The van der Waals surface area contributed by atoms with E-state index in [2.05, 4.69) is 5.32 Å². The highest BCUT2D eigenvalue weighted by atomic mass is 19.4. The first kappa shape index (κ1) is 16.0. The Balaban J connectivity index is 0.000000206. The third-order valence-electron chi connectivity index (χ3n) is 2.23. The summed E-state index contributed by atoms with van der Waals surface area (Å²) in [5, 5.41) is 2.20. The van der Waals surface area contributed by atoms with Crippen LogP contribution in [0.2, 0.25) is 0 Å². The molecule has 0 unspecified atom stereocenters. The van der Waals surface area contributed by atoms with Crippen molar-refractivity contribution in [3.63, 3.8) is 0 Å². The first-order valence-electron chi connectivity index (χ1n) is 5.05. The number of carbonyl (C=O) groups is 2. The summed E-state index contributed by atoms with van der Waals surface area (Å²) in [4.78, 5) is 21.9.